The molecule has 3 rings (SSSR count). The molecule has 1 heterocycles. The first-order valence-electron chi connectivity index (χ1n) is 6.54. The number of hydrogen-bond donors (Lipinski definition) is 0. The smallest absolute Gasteiger partial charge is 0.0991 e. The Morgan fingerprint density at radius 3 is 2.68 bits per heavy atom. The van der Waals surface area contributed by atoms with Gasteiger partial charge in [0.15, 0.2) is 0 Å². The normalized spacial score (nSPS) is 18.6. The molecule has 94 valence electrons. The Bertz CT molecular complexity index is 625. The van der Waals surface area contributed by atoms with E-state index in [1.807, 2.05) is 12.1 Å². The van der Waals surface area contributed by atoms with Crippen molar-refractivity contribution < 1.29 is 0 Å². The van der Waals surface area contributed by atoms with Gasteiger partial charge in [-0.3, -0.25) is 0 Å². The van der Waals surface area contributed by atoms with E-state index in [0.29, 0.717) is 5.92 Å². The van der Waals surface area contributed by atoms with Crippen LogP contribution >= 0.6 is 0 Å². The average Bonchev–Trinajstić information content (AvgIpc) is 2.46. The zero-order valence-electron chi connectivity index (χ0n) is 11.0. The summed E-state index contributed by atoms with van der Waals surface area (Å²) in [5.41, 5.74) is 4.74. The van der Waals surface area contributed by atoms with Crippen LogP contribution in [0.3, 0.4) is 0 Å². The van der Waals surface area contributed by atoms with Gasteiger partial charge in [-0.1, -0.05) is 36.4 Å². The standard InChI is InChI=1S/C17H16N2/c1-19-11-15-9-13(10-18)7-8-16(15)17(12-19)14-5-3-2-4-6-14/h2-9,17H,11-12H2,1H3. The minimum atomic E-state index is 0.405. The van der Waals surface area contributed by atoms with Gasteiger partial charge in [-0.25, -0.2) is 0 Å². The molecule has 0 bridgehead atoms. The van der Waals surface area contributed by atoms with E-state index in [4.69, 9.17) is 5.26 Å². The van der Waals surface area contributed by atoms with Crippen LogP contribution in [0.15, 0.2) is 48.5 Å². The van der Waals surface area contributed by atoms with Gasteiger partial charge in [0.05, 0.1) is 11.6 Å². The van der Waals surface area contributed by atoms with Gasteiger partial charge >= 0.3 is 0 Å². The summed E-state index contributed by atoms with van der Waals surface area (Å²) in [5, 5.41) is 9.02. The molecule has 1 aliphatic rings. The maximum absolute atomic E-state index is 9.02. The van der Waals surface area contributed by atoms with E-state index in [1.54, 1.807) is 0 Å². The van der Waals surface area contributed by atoms with Crippen LogP contribution < -0.4 is 0 Å². The summed E-state index contributed by atoms with van der Waals surface area (Å²) >= 11 is 0. The predicted molar refractivity (Wildman–Crippen MR) is 75.8 cm³/mol. The highest BCUT2D eigenvalue weighted by Gasteiger charge is 2.24. The third-order valence-electron chi connectivity index (χ3n) is 3.78. The molecule has 0 N–H and O–H groups in total. The summed E-state index contributed by atoms with van der Waals surface area (Å²) in [6, 6.07) is 18.9. The molecular weight excluding hydrogens is 232 g/mol. The molecule has 1 atom stereocenters. The maximum Gasteiger partial charge on any atom is 0.0991 e. The molecule has 19 heavy (non-hydrogen) atoms. The molecule has 0 fully saturated rings. The van der Waals surface area contributed by atoms with Crippen LogP contribution in [0.2, 0.25) is 0 Å². The van der Waals surface area contributed by atoms with Crippen LogP contribution in [0.25, 0.3) is 0 Å². The summed E-state index contributed by atoms with van der Waals surface area (Å²) in [4.78, 5) is 2.32. The molecule has 0 aromatic heterocycles. The molecule has 2 aromatic rings. The van der Waals surface area contributed by atoms with E-state index in [1.165, 1.54) is 16.7 Å². The van der Waals surface area contributed by atoms with Crippen molar-refractivity contribution in [1.29, 1.82) is 5.26 Å². The molecule has 1 unspecified atom stereocenters. The number of benzene rings is 2. The first kappa shape index (κ1) is 12.0. The van der Waals surface area contributed by atoms with Crippen LogP contribution in [0.4, 0.5) is 0 Å². The van der Waals surface area contributed by atoms with Gasteiger partial charge < -0.3 is 4.90 Å². The van der Waals surface area contributed by atoms with Gasteiger partial charge in [0.25, 0.3) is 0 Å². The molecule has 2 heteroatoms. The highest BCUT2D eigenvalue weighted by Crippen LogP contribution is 2.33. The molecule has 0 saturated carbocycles. The topological polar surface area (TPSA) is 27.0 Å². The van der Waals surface area contributed by atoms with Crippen molar-refractivity contribution >= 4 is 0 Å². The summed E-state index contributed by atoms with van der Waals surface area (Å²) < 4.78 is 0. The second-order valence-corrected chi connectivity index (χ2v) is 5.19. The Morgan fingerprint density at radius 2 is 1.95 bits per heavy atom. The van der Waals surface area contributed by atoms with Gasteiger partial charge in [0.2, 0.25) is 0 Å². The lowest BCUT2D eigenvalue weighted by Crippen LogP contribution is -2.31. The van der Waals surface area contributed by atoms with Gasteiger partial charge in [-0.05, 0) is 35.9 Å². The van der Waals surface area contributed by atoms with Crippen LogP contribution in [0, 0.1) is 11.3 Å². The lowest BCUT2D eigenvalue weighted by atomic mass is 9.84. The first-order valence-corrected chi connectivity index (χ1v) is 6.54. The summed E-state index contributed by atoms with van der Waals surface area (Å²) in [5.74, 6) is 0.405. The van der Waals surface area contributed by atoms with E-state index in [0.717, 1.165) is 18.7 Å². The molecule has 0 amide bonds. The molecular formula is C17H16N2. The van der Waals surface area contributed by atoms with E-state index in [2.05, 4.69) is 54.4 Å². The van der Waals surface area contributed by atoms with Crippen molar-refractivity contribution in [2.45, 2.75) is 12.5 Å². The Morgan fingerprint density at radius 1 is 1.16 bits per heavy atom. The lowest BCUT2D eigenvalue weighted by molar-refractivity contribution is 0.295. The van der Waals surface area contributed by atoms with Crippen molar-refractivity contribution in [3.05, 3.63) is 70.8 Å². The highest BCUT2D eigenvalue weighted by molar-refractivity contribution is 5.45. The van der Waals surface area contributed by atoms with Crippen molar-refractivity contribution in [2.24, 2.45) is 0 Å². The minimum absolute atomic E-state index is 0.405. The third kappa shape index (κ3) is 2.25. The van der Waals surface area contributed by atoms with Gasteiger partial charge in [-0.15, -0.1) is 0 Å². The number of rotatable bonds is 1. The number of likely N-dealkylation sites (N-methyl/N-ethyl adjacent to an activating group) is 1. The SMILES string of the molecule is CN1Cc2cc(C#N)ccc2C(c2ccccc2)C1. The monoisotopic (exact) mass is 248 g/mol. The summed E-state index contributed by atoms with van der Waals surface area (Å²) in [6.45, 7) is 1.96. The molecule has 0 aliphatic carbocycles. The second-order valence-electron chi connectivity index (χ2n) is 5.19. The Hall–Kier alpha value is -2.11. The predicted octanol–water partition coefficient (Wildman–Crippen LogP) is 3.14. The quantitative estimate of drug-likeness (QED) is 0.775. The number of hydrogen-bond acceptors (Lipinski definition) is 2. The van der Waals surface area contributed by atoms with E-state index in [-0.39, 0.29) is 0 Å². The zero-order valence-corrected chi connectivity index (χ0v) is 11.0. The molecule has 2 nitrogen and oxygen atoms in total. The van der Waals surface area contributed by atoms with Gasteiger partial charge in [0.1, 0.15) is 0 Å². The van der Waals surface area contributed by atoms with Gasteiger partial charge in [0, 0.05) is 19.0 Å². The van der Waals surface area contributed by atoms with Crippen molar-refractivity contribution in [2.75, 3.05) is 13.6 Å². The van der Waals surface area contributed by atoms with Crippen molar-refractivity contribution in [3.8, 4) is 6.07 Å². The molecule has 0 saturated heterocycles. The first-order chi connectivity index (χ1) is 9.28. The fourth-order valence-corrected chi connectivity index (χ4v) is 2.89. The van der Waals surface area contributed by atoms with Crippen LogP contribution in [0.1, 0.15) is 28.2 Å². The Kier molecular flexibility index (Phi) is 3.06. The number of nitriles is 1. The highest BCUT2D eigenvalue weighted by atomic mass is 15.1. The second kappa shape index (κ2) is 4.87. The van der Waals surface area contributed by atoms with Gasteiger partial charge in [-0.2, -0.15) is 5.26 Å². The summed E-state index contributed by atoms with van der Waals surface area (Å²) in [7, 11) is 2.14. The van der Waals surface area contributed by atoms with E-state index in [9.17, 15) is 0 Å². The molecule has 2 aromatic carbocycles. The zero-order chi connectivity index (χ0) is 13.2. The summed E-state index contributed by atoms with van der Waals surface area (Å²) in [6.07, 6.45) is 0. The van der Waals surface area contributed by atoms with Crippen LogP contribution in [-0.4, -0.2) is 18.5 Å². The maximum atomic E-state index is 9.02. The fourth-order valence-electron chi connectivity index (χ4n) is 2.89. The number of nitrogens with zero attached hydrogens (tertiary/aromatic N) is 2. The van der Waals surface area contributed by atoms with Crippen molar-refractivity contribution in [1.82, 2.24) is 4.90 Å². The van der Waals surface area contributed by atoms with Crippen LogP contribution in [0.5, 0.6) is 0 Å². The molecule has 0 radical (unpaired) electrons. The average molecular weight is 248 g/mol. The van der Waals surface area contributed by atoms with Crippen molar-refractivity contribution in [3.63, 3.8) is 0 Å². The Balaban J connectivity index is 2.08. The molecule has 0 spiro atoms. The Labute approximate surface area is 113 Å². The third-order valence-corrected chi connectivity index (χ3v) is 3.78. The lowest BCUT2D eigenvalue weighted by Gasteiger charge is -2.32. The minimum Gasteiger partial charge on any atom is -0.301 e. The van der Waals surface area contributed by atoms with E-state index < -0.39 is 0 Å². The fraction of sp³-hybridized carbons (Fsp3) is 0.235. The largest absolute Gasteiger partial charge is 0.301 e. The van der Waals surface area contributed by atoms with Crippen LogP contribution in [-0.2, 0) is 6.54 Å². The van der Waals surface area contributed by atoms with E-state index >= 15 is 0 Å². The molecule has 1 aliphatic heterocycles. The number of fused-ring (bicyclic) bond motifs is 1.